The molecule has 1 rings (SSSR count). The molecule has 5 heteroatoms. The highest BCUT2D eigenvalue weighted by atomic mass is 35.5. The highest BCUT2D eigenvalue weighted by Crippen LogP contribution is 2.27. The summed E-state index contributed by atoms with van der Waals surface area (Å²) < 4.78 is 5.33. The number of ether oxygens (including phenoxy) is 1. The fourth-order valence-electron chi connectivity index (χ4n) is 1.70. The Bertz CT molecular complexity index is 435. The largest absolute Gasteiger partial charge is 0.492 e. The standard InChI is InChI=1S/C14H21ClN2O2/c1-4-19-13-6-5-10(8-11(13)15)17-14(18)12(16)7-9(2)3/h5-6,8-9,12H,4,7,16H2,1-3H3,(H,17,18). The number of nitrogens with two attached hydrogens (primary N) is 1. The van der Waals surface area contributed by atoms with Crippen molar-refractivity contribution in [2.24, 2.45) is 11.7 Å². The third-order valence-corrected chi connectivity index (χ3v) is 2.86. The van der Waals surface area contributed by atoms with Crippen LogP contribution in [0.15, 0.2) is 18.2 Å². The molecule has 1 aromatic carbocycles. The van der Waals surface area contributed by atoms with Crippen LogP contribution in [-0.4, -0.2) is 18.6 Å². The molecule has 19 heavy (non-hydrogen) atoms. The molecule has 0 heterocycles. The summed E-state index contributed by atoms with van der Waals surface area (Å²) in [4.78, 5) is 11.9. The van der Waals surface area contributed by atoms with E-state index < -0.39 is 6.04 Å². The SMILES string of the molecule is CCOc1ccc(NC(=O)C(N)CC(C)C)cc1Cl. The molecule has 3 N–H and O–H groups in total. The molecule has 0 aliphatic heterocycles. The number of rotatable bonds is 6. The Hall–Kier alpha value is -1.26. The lowest BCUT2D eigenvalue weighted by atomic mass is 10.0. The van der Waals surface area contributed by atoms with Gasteiger partial charge < -0.3 is 15.8 Å². The summed E-state index contributed by atoms with van der Waals surface area (Å²) in [5.74, 6) is 0.784. The molecule has 0 aliphatic rings. The maximum Gasteiger partial charge on any atom is 0.241 e. The quantitative estimate of drug-likeness (QED) is 0.844. The van der Waals surface area contributed by atoms with Crippen LogP contribution in [0.2, 0.25) is 5.02 Å². The lowest BCUT2D eigenvalue weighted by Gasteiger charge is -2.15. The zero-order valence-electron chi connectivity index (χ0n) is 11.6. The predicted octanol–water partition coefficient (Wildman–Crippen LogP) is 3.05. The van der Waals surface area contributed by atoms with E-state index in [1.807, 2.05) is 20.8 Å². The van der Waals surface area contributed by atoms with Gasteiger partial charge in [0.05, 0.1) is 17.7 Å². The van der Waals surface area contributed by atoms with Crippen molar-refractivity contribution in [3.63, 3.8) is 0 Å². The Labute approximate surface area is 119 Å². The van der Waals surface area contributed by atoms with E-state index in [-0.39, 0.29) is 5.91 Å². The second kappa shape index (κ2) is 7.36. The minimum atomic E-state index is -0.509. The van der Waals surface area contributed by atoms with Crippen LogP contribution in [0.4, 0.5) is 5.69 Å². The van der Waals surface area contributed by atoms with E-state index in [0.717, 1.165) is 0 Å². The summed E-state index contributed by atoms with van der Waals surface area (Å²) in [5, 5.41) is 3.22. The second-order valence-electron chi connectivity index (χ2n) is 4.80. The Kier molecular flexibility index (Phi) is 6.12. The Morgan fingerprint density at radius 2 is 2.16 bits per heavy atom. The van der Waals surface area contributed by atoms with Crippen molar-refractivity contribution in [3.05, 3.63) is 23.2 Å². The predicted molar refractivity (Wildman–Crippen MR) is 78.7 cm³/mol. The van der Waals surface area contributed by atoms with E-state index >= 15 is 0 Å². The van der Waals surface area contributed by atoms with Gasteiger partial charge in [-0.25, -0.2) is 0 Å². The molecule has 106 valence electrons. The Balaban J connectivity index is 2.67. The van der Waals surface area contributed by atoms with E-state index in [0.29, 0.717) is 35.4 Å². The first kappa shape index (κ1) is 15.8. The second-order valence-corrected chi connectivity index (χ2v) is 5.21. The van der Waals surface area contributed by atoms with Crippen molar-refractivity contribution >= 4 is 23.2 Å². The number of carbonyl (C=O) groups excluding carboxylic acids is 1. The smallest absolute Gasteiger partial charge is 0.241 e. The van der Waals surface area contributed by atoms with Gasteiger partial charge in [-0.05, 0) is 37.5 Å². The molecule has 0 aliphatic carbocycles. The van der Waals surface area contributed by atoms with Crippen molar-refractivity contribution in [3.8, 4) is 5.75 Å². The lowest BCUT2D eigenvalue weighted by molar-refractivity contribution is -0.117. The van der Waals surface area contributed by atoms with E-state index in [1.165, 1.54) is 0 Å². The van der Waals surface area contributed by atoms with Gasteiger partial charge in [0.15, 0.2) is 0 Å². The first-order chi connectivity index (χ1) is 8.93. The first-order valence-electron chi connectivity index (χ1n) is 6.42. The molecular weight excluding hydrogens is 264 g/mol. The summed E-state index contributed by atoms with van der Waals surface area (Å²) in [5.41, 5.74) is 6.43. The minimum Gasteiger partial charge on any atom is -0.492 e. The van der Waals surface area contributed by atoms with Gasteiger partial charge in [0.2, 0.25) is 5.91 Å². The maximum atomic E-state index is 11.9. The van der Waals surface area contributed by atoms with Crippen molar-refractivity contribution < 1.29 is 9.53 Å². The number of hydrogen-bond acceptors (Lipinski definition) is 3. The third-order valence-electron chi connectivity index (χ3n) is 2.56. The van der Waals surface area contributed by atoms with Gasteiger partial charge in [-0.1, -0.05) is 25.4 Å². The molecule has 0 bridgehead atoms. The average molecular weight is 285 g/mol. The molecule has 1 aromatic rings. The van der Waals surface area contributed by atoms with Crippen LogP contribution in [0, 0.1) is 5.92 Å². The van der Waals surface area contributed by atoms with Crippen molar-refractivity contribution in [2.45, 2.75) is 33.2 Å². The van der Waals surface area contributed by atoms with Gasteiger partial charge in [-0.15, -0.1) is 0 Å². The molecular formula is C14H21ClN2O2. The third kappa shape index (κ3) is 5.09. The van der Waals surface area contributed by atoms with Gasteiger partial charge in [-0.2, -0.15) is 0 Å². The highest BCUT2D eigenvalue weighted by Gasteiger charge is 2.15. The molecule has 4 nitrogen and oxygen atoms in total. The zero-order valence-corrected chi connectivity index (χ0v) is 12.3. The molecule has 1 amide bonds. The topological polar surface area (TPSA) is 64.3 Å². The molecule has 1 atom stereocenters. The van der Waals surface area contributed by atoms with E-state index in [4.69, 9.17) is 22.1 Å². The van der Waals surface area contributed by atoms with Crippen molar-refractivity contribution in [1.82, 2.24) is 0 Å². The summed E-state index contributed by atoms with van der Waals surface area (Å²) in [6.07, 6.45) is 0.649. The molecule has 0 saturated heterocycles. The minimum absolute atomic E-state index is 0.200. The van der Waals surface area contributed by atoms with Crippen LogP contribution in [-0.2, 0) is 4.79 Å². The number of hydrogen-bond donors (Lipinski definition) is 2. The van der Waals surface area contributed by atoms with Crippen LogP contribution in [0.1, 0.15) is 27.2 Å². The van der Waals surface area contributed by atoms with Crippen molar-refractivity contribution in [1.29, 1.82) is 0 Å². The molecule has 0 fully saturated rings. The first-order valence-corrected chi connectivity index (χ1v) is 6.80. The summed E-state index contributed by atoms with van der Waals surface area (Å²) in [6, 6.07) is 4.63. The molecule has 0 aromatic heterocycles. The number of anilines is 1. The fourth-order valence-corrected chi connectivity index (χ4v) is 1.94. The highest BCUT2D eigenvalue weighted by molar-refractivity contribution is 6.32. The van der Waals surface area contributed by atoms with Gasteiger partial charge in [-0.3, -0.25) is 4.79 Å². The van der Waals surface area contributed by atoms with Crippen LogP contribution >= 0.6 is 11.6 Å². The average Bonchev–Trinajstić information content (AvgIpc) is 2.32. The van der Waals surface area contributed by atoms with E-state index in [9.17, 15) is 4.79 Å². The van der Waals surface area contributed by atoms with Gasteiger partial charge in [0.25, 0.3) is 0 Å². The normalized spacial score (nSPS) is 12.3. The molecule has 0 spiro atoms. The number of nitrogens with one attached hydrogen (secondary N) is 1. The maximum absolute atomic E-state index is 11.9. The van der Waals surface area contributed by atoms with Gasteiger partial charge >= 0.3 is 0 Å². The monoisotopic (exact) mass is 284 g/mol. The Morgan fingerprint density at radius 3 is 2.68 bits per heavy atom. The van der Waals surface area contributed by atoms with Crippen LogP contribution in [0.5, 0.6) is 5.75 Å². The number of amides is 1. The zero-order chi connectivity index (χ0) is 14.4. The van der Waals surface area contributed by atoms with Gasteiger partial charge in [0.1, 0.15) is 5.75 Å². The number of halogens is 1. The lowest BCUT2D eigenvalue weighted by Crippen LogP contribution is -2.36. The van der Waals surface area contributed by atoms with Crippen molar-refractivity contribution in [2.75, 3.05) is 11.9 Å². The van der Waals surface area contributed by atoms with E-state index in [1.54, 1.807) is 18.2 Å². The van der Waals surface area contributed by atoms with Crippen LogP contribution < -0.4 is 15.8 Å². The Morgan fingerprint density at radius 1 is 1.47 bits per heavy atom. The molecule has 0 radical (unpaired) electrons. The van der Waals surface area contributed by atoms with Crippen LogP contribution in [0.25, 0.3) is 0 Å². The van der Waals surface area contributed by atoms with Crippen LogP contribution in [0.3, 0.4) is 0 Å². The summed E-state index contributed by atoms with van der Waals surface area (Å²) >= 11 is 6.05. The number of carbonyl (C=O) groups is 1. The number of benzene rings is 1. The molecule has 1 unspecified atom stereocenters. The van der Waals surface area contributed by atoms with Gasteiger partial charge in [0, 0.05) is 5.69 Å². The molecule has 0 saturated carbocycles. The summed E-state index contributed by atoms with van der Waals surface area (Å²) in [7, 11) is 0. The summed E-state index contributed by atoms with van der Waals surface area (Å²) in [6.45, 7) is 6.49. The fraction of sp³-hybridized carbons (Fsp3) is 0.500. The van der Waals surface area contributed by atoms with E-state index in [2.05, 4.69) is 5.32 Å².